The van der Waals surface area contributed by atoms with Gasteiger partial charge in [-0.05, 0) is 48.2 Å². The number of urea groups is 1. The Hall–Kier alpha value is -3.00. The number of hydrogen-bond acceptors (Lipinski definition) is 4. The zero-order valence-corrected chi connectivity index (χ0v) is 19.6. The van der Waals surface area contributed by atoms with Gasteiger partial charge >= 0.3 is 12.0 Å². The minimum atomic E-state index is -0.331. The Balaban J connectivity index is 1.49. The summed E-state index contributed by atoms with van der Waals surface area (Å²) in [6.07, 6.45) is 3.94. The van der Waals surface area contributed by atoms with Crippen molar-refractivity contribution in [2.75, 3.05) is 39.8 Å². The number of nitrogens with one attached hydrogen (secondary N) is 1. The normalized spacial score (nSPS) is 14.3. The summed E-state index contributed by atoms with van der Waals surface area (Å²) in [5, 5.41) is 2.96. The molecule has 0 atom stereocenters. The van der Waals surface area contributed by atoms with Crippen molar-refractivity contribution in [3.63, 3.8) is 0 Å². The van der Waals surface area contributed by atoms with Gasteiger partial charge < -0.3 is 15.0 Å². The molecule has 0 unspecified atom stereocenters. The van der Waals surface area contributed by atoms with Gasteiger partial charge in [0.1, 0.15) is 11.6 Å². The molecule has 0 radical (unpaired) electrons. The van der Waals surface area contributed by atoms with Crippen molar-refractivity contribution in [2.45, 2.75) is 38.1 Å². The number of amides is 2. The Morgan fingerprint density at radius 2 is 1.50 bits per heavy atom. The Morgan fingerprint density at radius 1 is 0.912 bits per heavy atom. The van der Waals surface area contributed by atoms with Gasteiger partial charge in [0.05, 0.1) is 13.2 Å². The molecule has 1 aliphatic rings. The van der Waals surface area contributed by atoms with Crippen LogP contribution in [-0.4, -0.2) is 61.6 Å². The molecule has 2 amide bonds. The topological polar surface area (TPSA) is 61.9 Å². The van der Waals surface area contributed by atoms with Crippen LogP contribution in [0.4, 0.5) is 13.6 Å². The molecule has 2 aromatic rings. The van der Waals surface area contributed by atoms with Crippen molar-refractivity contribution in [2.24, 2.45) is 0 Å². The summed E-state index contributed by atoms with van der Waals surface area (Å²) in [7, 11) is 1.39. The molecule has 8 heteroatoms. The fourth-order valence-corrected chi connectivity index (χ4v) is 4.31. The van der Waals surface area contributed by atoms with Crippen molar-refractivity contribution in [1.29, 1.82) is 0 Å². The lowest BCUT2D eigenvalue weighted by Crippen LogP contribution is -2.52. The highest BCUT2D eigenvalue weighted by molar-refractivity contribution is 5.74. The van der Waals surface area contributed by atoms with Crippen LogP contribution in [0.5, 0.6) is 0 Å². The summed E-state index contributed by atoms with van der Waals surface area (Å²) >= 11 is 0. The Labute approximate surface area is 199 Å². The fraction of sp³-hybridized carbons (Fsp3) is 0.462. The number of carbonyl (C=O) groups is 2. The van der Waals surface area contributed by atoms with Crippen molar-refractivity contribution in [3.8, 4) is 0 Å². The van der Waals surface area contributed by atoms with Gasteiger partial charge in [-0.1, -0.05) is 37.1 Å². The summed E-state index contributed by atoms with van der Waals surface area (Å²) in [4.78, 5) is 27.6. The van der Waals surface area contributed by atoms with Crippen LogP contribution in [0.2, 0.25) is 0 Å². The van der Waals surface area contributed by atoms with E-state index in [4.69, 9.17) is 0 Å². The van der Waals surface area contributed by atoms with E-state index < -0.39 is 0 Å². The van der Waals surface area contributed by atoms with Gasteiger partial charge in [0.25, 0.3) is 0 Å². The maximum atomic E-state index is 14.0. The molecular weight excluding hydrogens is 440 g/mol. The van der Waals surface area contributed by atoms with Crippen molar-refractivity contribution >= 4 is 12.0 Å². The van der Waals surface area contributed by atoms with E-state index in [1.807, 2.05) is 12.1 Å². The second kappa shape index (κ2) is 13.0. The first-order chi connectivity index (χ1) is 16.5. The molecule has 1 aliphatic heterocycles. The number of piperazine rings is 1. The van der Waals surface area contributed by atoms with E-state index in [1.165, 1.54) is 31.4 Å². The molecule has 2 aromatic carbocycles. The zero-order chi connectivity index (χ0) is 24.3. The number of esters is 1. The van der Waals surface area contributed by atoms with Crippen LogP contribution in [0.3, 0.4) is 0 Å². The number of halogens is 2. The van der Waals surface area contributed by atoms with Gasteiger partial charge in [-0.25, -0.2) is 13.6 Å². The number of methoxy groups -OCH3 is 1. The van der Waals surface area contributed by atoms with E-state index in [-0.39, 0.29) is 29.7 Å². The largest absolute Gasteiger partial charge is 0.469 e. The number of rotatable bonds is 10. The molecule has 0 aromatic heterocycles. The molecule has 1 saturated heterocycles. The monoisotopic (exact) mass is 473 g/mol. The second-order valence-electron chi connectivity index (χ2n) is 8.51. The molecule has 1 N–H and O–H groups in total. The predicted octanol–water partition coefficient (Wildman–Crippen LogP) is 4.50. The summed E-state index contributed by atoms with van der Waals surface area (Å²) in [6.45, 7) is 2.85. The van der Waals surface area contributed by atoms with Gasteiger partial charge in [0.15, 0.2) is 0 Å². The number of unbranched alkanes of at least 4 members (excludes halogenated alkanes) is 3. The number of hydrogen-bond donors (Lipinski definition) is 1. The first-order valence-corrected chi connectivity index (χ1v) is 11.8. The molecule has 6 nitrogen and oxygen atoms in total. The third kappa shape index (κ3) is 7.52. The van der Waals surface area contributed by atoms with Crippen molar-refractivity contribution < 1.29 is 23.1 Å². The number of nitrogens with zero attached hydrogens (tertiary/aromatic N) is 2. The van der Waals surface area contributed by atoms with Crippen LogP contribution in [-0.2, 0) is 9.53 Å². The maximum Gasteiger partial charge on any atom is 0.317 e. The quantitative estimate of drug-likeness (QED) is 0.408. The van der Waals surface area contributed by atoms with Gasteiger partial charge in [0, 0.05) is 39.1 Å². The smallest absolute Gasteiger partial charge is 0.317 e. The molecule has 1 heterocycles. The third-order valence-electron chi connectivity index (χ3n) is 6.11. The standard InChI is InChI=1S/C26H33F2N3O3/c1-34-24(32)12-4-2-3-5-13-29-26(33)31-16-14-30(15-17-31)25(20-8-6-10-22(27)18-20)21-9-7-11-23(28)19-21/h6-11,18-19,25H,2-5,12-17H2,1H3,(H,29,33). The zero-order valence-electron chi connectivity index (χ0n) is 19.6. The molecule has 0 spiro atoms. The van der Waals surface area contributed by atoms with E-state index in [1.54, 1.807) is 17.0 Å². The molecule has 184 valence electrons. The van der Waals surface area contributed by atoms with Gasteiger partial charge in [0.2, 0.25) is 0 Å². The SMILES string of the molecule is COC(=O)CCCCCCNC(=O)N1CCN(C(c2cccc(F)c2)c2cccc(F)c2)CC1. The molecule has 0 aliphatic carbocycles. The van der Waals surface area contributed by atoms with E-state index in [2.05, 4.69) is 15.0 Å². The molecular formula is C26H33F2N3O3. The van der Waals surface area contributed by atoms with Gasteiger partial charge in [-0.2, -0.15) is 0 Å². The molecule has 0 saturated carbocycles. The van der Waals surface area contributed by atoms with Crippen LogP contribution >= 0.6 is 0 Å². The number of carbonyl (C=O) groups excluding carboxylic acids is 2. The molecule has 0 bridgehead atoms. The lowest BCUT2D eigenvalue weighted by atomic mass is 9.96. The Bertz CT molecular complexity index is 903. The van der Waals surface area contributed by atoms with Crippen LogP contribution in [0, 0.1) is 11.6 Å². The van der Waals surface area contributed by atoms with Gasteiger partial charge in [-0.3, -0.25) is 9.69 Å². The van der Waals surface area contributed by atoms with Crippen LogP contribution < -0.4 is 5.32 Å². The summed E-state index contributed by atoms with van der Waals surface area (Å²) in [5.41, 5.74) is 1.52. The third-order valence-corrected chi connectivity index (χ3v) is 6.11. The average molecular weight is 474 g/mol. The van der Waals surface area contributed by atoms with Crippen LogP contribution in [0.25, 0.3) is 0 Å². The summed E-state index contributed by atoms with van der Waals surface area (Å²) in [6, 6.07) is 12.4. The lowest BCUT2D eigenvalue weighted by molar-refractivity contribution is -0.140. The minimum Gasteiger partial charge on any atom is -0.469 e. The van der Waals surface area contributed by atoms with Gasteiger partial charge in [-0.15, -0.1) is 0 Å². The van der Waals surface area contributed by atoms with Crippen LogP contribution in [0.1, 0.15) is 49.3 Å². The highest BCUT2D eigenvalue weighted by atomic mass is 19.1. The minimum absolute atomic E-state index is 0.0951. The summed E-state index contributed by atoms with van der Waals surface area (Å²) < 4.78 is 32.5. The van der Waals surface area contributed by atoms with Crippen molar-refractivity contribution in [3.05, 3.63) is 71.3 Å². The van der Waals surface area contributed by atoms with Crippen molar-refractivity contribution in [1.82, 2.24) is 15.1 Å². The van der Waals surface area contributed by atoms with E-state index in [0.717, 1.165) is 36.8 Å². The molecule has 34 heavy (non-hydrogen) atoms. The first kappa shape index (κ1) is 25.6. The Morgan fingerprint density at radius 3 is 2.06 bits per heavy atom. The second-order valence-corrected chi connectivity index (χ2v) is 8.51. The molecule has 1 fully saturated rings. The summed E-state index contributed by atoms with van der Waals surface area (Å²) in [5.74, 6) is -0.853. The van der Waals surface area contributed by atoms with E-state index in [9.17, 15) is 18.4 Å². The van der Waals surface area contributed by atoms with E-state index >= 15 is 0 Å². The number of ether oxygens (including phenoxy) is 1. The van der Waals surface area contributed by atoms with E-state index in [0.29, 0.717) is 39.1 Å². The molecule has 3 rings (SSSR count). The average Bonchev–Trinajstić information content (AvgIpc) is 2.84. The predicted molar refractivity (Wildman–Crippen MR) is 126 cm³/mol. The van der Waals surface area contributed by atoms with Crippen LogP contribution in [0.15, 0.2) is 48.5 Å². The maximum absolute atomic E-state index is 14.0. The number of benzene rings is 2. The highest BCUT2D eigenvalue weighted by Crippen LogP contribution is 2.30. The lowest BCUT2D eigenvalue weighted by Gasteiger charge is -2.39. The Kier molecular flexibility index (Phi) is 9.82. The fourth-order valence-electron chi connectivity index (χ4n) is 4.31. The highest BCUT2D eigenvalue weighted by Gasteiger charge is 2.28. The first-order valence-electron chi connectivity index (χ1n) is 11.8.